The number of hydrogen-bond acceptors (Lipinski definition) is 7. The number of ether oxygens (including phenoxy) is 1. The van der Waals surface area contributed by atoms with E-state index in [0.717, 1.165) is 25.1 Å². The topological polar surface area (TPSA) is 106 Å². The average molecular weight is 496 g/mol. The summed E-state index contributed by atoms with van der Waals surface area (Å²) in [4.78, 5) is 24.2. The fourth-order valence-electron chi connectivity index (χ4n) is 4.17. The van der Waals surface area contributed by atoms with Crippen LogP contribution in [-0.4, -0.2) is 54.3 Å². The van der Waals surface area contributed by atoms with E-state index >= 15 is 0 Å². The minimum atomic E-state index is -3.70. The number of sulfonamides is 1. The van der Waals surface area contributed by atoms with Crippen LogP contribution < -0.4 is 9.62 Å². The number of rotatable bonds is 4. The van der Waals surface area contributed by atoms with Gasteiger partial charge in [0.15, 0.2) is 5.65 Å². The summed E-state index contributed by atoms with van der Waals surface area (Å²) in [6, 6.07) is 5.44. The maximum atomic E-state index is 12.7. The first-order valence-corrected chi connectivity index (χ1v) is 12.9. The zero-order valence-electron chi connectivity index (χ0n) is 20.5. The van der Waals surface area contributed by atoms with Gasteiger partial charge >= 0.3 is 6.09 Å². The molecule has 0 aliphatic carbocycles. The van der Waals surface area contributed by atoms with Crippen molar-refractivity contribution in [3.05, 3.63) is 36.2 Å². The van der Waals surface area contributed by atoms with E-state index in [0.29, 0.717) is 28.4 Å². The van der Waals surface area contributed by atoms with Crippen LogP contribution in [0.5, 0.6) is 0 Å². The molecule has 0 unspecified atom stereocenters. The first kappa shape index (κ1) is 24.7. The molecule has 1 atom stereocenters. The monoisotopic (exact) mass is 495 g/mol. The van der Waals surface area contributed by atoms with Crippen molar-refractivity contribution in [1.29, 1.82) is 0 Å². The summed E-state index contributed by atoms with van der Waals surface area (Å²) in [5.41, 5.74) is 2.13. The molecule has 4 rings (SSSR count). The molecule has 1 aliphatic heterocycles. The number of carbonyl (C=O) groups is 1. The number of hydrogen-bond donors (Lipinski definition) is 1. The second-order valence-corrected chi connectivity index (χ2v) is 11.5. The average Bonchev–Trinajstić information content (AvgIpc) is 3.40. The Hall–Kier alpha value is -3.42. The largest absolute Gasteiger partial charge is 0.443 e. The number of carbonyl (C=O) groups excluding carboxylic acids is 1. The smallest absolute Gasteiger partial charge is 0.420 e. The van der Waals surface area contributed by atoms with Gasteiger partial charge in [0.2, 0.25) is 10.0 Å². The Bertz CT molecular complexity index is 1450. The molecule has 9 nitrogen and oxygen atoms in total. The molecule has 0 amide bonds. The molecule has 0 radical (unpaired) electrons. The summed E-state index contributed by atoms with van der Waals surface area (Å²) in [6.45, 7) is 8.28. The third-order valence-electron chi connectivity index (χ3n) is 5.89. The molecule has 3 heterocycles. The van der Waals surface area contributed by atoms with Crippen LogP contribution in [0.4, 0.5) is 10.5 Å². The predicted octanol–water partition coefficient (Wildman–Crippen LogP) is 3.76. The number of nitrogens with zero attached hydrogens (tertiary/aromatic N) is 4. The molecule has 1 fully saturated rings. The van der Waals surface area contributed by atoms with Crippen LogP contribution in [0, 0.1) is 12.3 Å². The highest BCUT2D eigenvalue weighted by atomic mass is 32.2. The van der Waals surface area contributed by atoms with Crippen LogP contribution in [0.3, 0.4) is 0 Å². The van der Waals surface area contributed by atoms with Crippen LogP contribution in [-0.2, 0) is 14.8 Å². The Morgan fingerprint density at radius 3 is 2.63 bits per heavy atom. The van der Waals surface area contributed by atoms with Gasteiger partial charge in [0.25, 0.3) is 0 Å². The van der Waals surface area contributed by atoms with Crippen molar-refractivity contribution in [2.45, 2.75) is 57.1 Å². The Kier molecular flexibility index (Phi) is 6.34. The highest BCUT2D eigenvalue weighted by Gasteiger charge is 2.25. The van der Waals surface area contributed by atoms with Crippen molar-refractivity contribution in [2.24, 2.45) is 0 Å². The predicted molar refractivity (Wildman–Crippen MR) is 135 cm³/mol. The molecule has 35 heavy (non-hydrogen) atoms. The van der Waals surface area contributed by atoms with Crippen LogP contribution in [0.25, 0.3) is 22.4 Å². The molecular weight excluding hydrogens is 466 g/mol. The lowest BCUT2D eigenvalue weighted by Crippen LogP contribution is -2.27. The van der Waals surface area contributed by atoms with Gasteiger partial charge in [0.05, 0.1) is 22.3 Å². The number of anilines is 1. The summed E-state index contributed by atoms with van der Waals surface area (Å²) < 4.78 is 34.5. The SMILES string of the molecule is C#Cc1cn(C(=O)OC(C)(C)C)c2ncc(-c3cc(N4CCC[C@H]4C)cc(S(=O)(=O)NC)c3)nc12. The van der Waals surface area contributed by atoms with Crippen LogP contribution in [0.15, 0.2) is 35.5 Å². The van der Waals surface area contributed by atoms with Gasteiger partial charge in [-0.3, -0.25) is 0 Å². The Labute approximate surface area is 205 Å². The van der Waals surface area contributed by atoms with E-state index < -0.39 is 21.7 Å². The number of fused-ring (bicyclic) bond motifs is 1. The van der Waals surface area contributed by atoms with Gasteiger partial charge in [0.1, 0.15) is 11.1 Å². The summed E-state index contributed by atoms with van der Waals surface area (Å²) in [6.07, 6.45) is 10.1. The van der Waals surface area contributed by atoms with Crippen LogP contribution in [0.1, 0.15) is 46.1 Å². The van der Waals surface area contributed by atoms with Crippen molar-refractivity contribution >= 4 is 33.0 Å². The second-order valence-electron chi connectivity index (χ2n) is 9.57. The fourth-order valence-corrected chi connectivity index (χ4v) is 4.97. The molecular formula is C25H29N5O4S. The summed E-state index contributed by atoms with van der Waals surface area (Å²) in [5, 5.41) is 0. The van der Waals surface area contributed by atoms with Crippen molar-refractivity contribution in [1.82, 2.24) is 19.3 Å². The summed E-state index contributed by atoms with van der Waals surface area (Å²) >= 11 is 0. The Morgan fingerprint density at radius 2 is 2.03 bits per heavy atom. The van der Waals surface area contributed by atoms with Crippen molar-refractivity contribution < 1.29 is 17.9 Å². The van der Waals surface area contributed by atoms with Crippen LogP contribution >= 0.6 is 0 Å². The van der Waals surface area contributed by atoms with Gasteiger partial charge < -0.3 is 9.64 Å². The summed E-state index contributed by atoms with van der Waals surface area (Å²) in [5.74, 6) is 2.55. The zero-order valence-corrected chi connectivity index (χ0v) is 21.3. The van der Waals surface area contributed by atoms with E-state index in [9.17, 15) is 13.2 Å². The lowest BCUT2D eigenvalue weighted by Gasteiger charge is -2.25. The molecule has 1 N–H and O–H groups in total. The van der Waals surface area contributed by atoms with E-state index in [4.69, 9.17) is 11.2 Å². The van der Waals surface area contributed by atoms with Gasteiger partial charge in [-0.2, -0.15) is 0 Å². The minimum Gasteiger partial charge on any atom is -0.443 e. The molecule has 0 spiro atoms. The van der Waals surface area contributed by atoms with Gasteiger partial charge in [-0.05, 0) is 65.8 Å². The first-order valence-electron chi connectivity index (χ1n) is 11.4. The normalized spacial score (nSPS) is 16.5. The minimum absolute atomic E-state index is 0.136. The number of terminal acetylenes is 1. The maximum absolute atomic E-state index is 12.7. The summed E-state index contributed by atoms with van der Waals surface area (Å²) in [7, 11) is -2.32. The van der Waals surface area contributed by atoms with E-state index in [2.05, 4.69) is 32.4 Å². The van der Waals surface area contributed by atoms with E-state index in [1.165, 1.54) is 24.0 Å². The lowest BCUT2D eigenvalue weighted by atomic mass is 10.1. The highest BCUT2D eigenvalue weighted by Crippen LogP contribution is 2.33. The number of nitrogens with one attached hydrogen (secondary N) is 1. The Morgan fingerprint density at radius 1 is 1.29 bits per heavy atom. The van der Waals surface area contributed by atoms with E-state index in [1.54, 1.807) is 32.9 Å². The second kappa shape index (κ2) is 8.98. The van der Waals surface area contributed by atoms with E-state index in [1.807, 2.05) is 6.07 Å². The van der Waals surface area contributed by atoms with Gasteiger partial charge in [-0.1, -0.05) is 5.92 Å². The molecule has 2 aromatic heterocycles. The molecule has 0 bridgehead atoms. The molecule has 0 saturated carbocycles. The quantitative estimate of drug-likeness (QED) is 0.549. The third-order valence-corrected chi connectivity index (χ3v) is 7.28. The van der Waals surface area contributed by atoms with Gasteiger partial charge in [-0.15, -0.1) is 6.42 Å². The lowest BCUT2D eigenvalue weighted by molar-refractivity contribution is 0.0543. The first-order chi connectivity index (χ1) is 16.4. The number of benzene rings is 1. The third kappa shape index (κ3) is 4.88. The molecule has 1 aromatic carbocycles. The van der Waals surface area contributed by atoms with Crippen molar-refractivity contribution in [3.8, 4) is 23.6 Å². The van der Waals surface area contributed by atoms with Crippen molar-refractivity contribution in [3.63, 3.8) is 0 Å². The van der Waals surface area contributed by atoms with Gasteiger partial charge in [0, 0.05) is 30.0 Å². The van der Waals surface area contributed by atoms with Gasteiger partial charge in [-0.25, -0.2) is 32.5 Å². The standard InChI is InChI=1S/C25H29N5O4S/c1-7-17-15-30(24(31)34-25(3,4)5)23-22(17)28-21(14-27-23)18-11-19(29-10-8-9-16(29)2)13-20(12-18)35(32,33)26-6/h1,11-16,26H,8-10H2,2-6H3/t16-/m1/s1. The zero-order chi connectivity index (χ0) is 25.5. The van der Waals surface area contributed by atoms with E-state index in [-0.39, 0.29) is 10.5 Å². The molecule has 3 aromatic rings. The Balaban J connectivity index is 1.86. The highest BCUT2D eigenvalue weighted by molar-refractivity contribution is 7.89. The molecule has 1 saturated heterocycles. The molecule has 10 heteroatoms. The maximum Gasteiger partial charge on any atom is 0.420 e. The molecule has 1 aliphatic rings. The fraction of sp³-hybridized carbons (Fsp3) is 0.400. The van der Waals surface area contributed by atoms with Crippen LogP contribution in [0.2, 0.25) is 0 Å². The molecule has 184 valence electrons. The van der Waals surface area contributed by atoms with Crippen molar-refractivity contribution in [2.75, 3.05) is 18.5 Å². The number of aromatic nitrogens is 3.